The van der Waals surface area contributed by atoms with Crippen molar-refractivity contribution in [2.45, 2.75) is 33.1 Å². The molecule has 0 bridgehead atoms. The van der Waals surface area contributed by atoms with E-state index >= 15 is 0 Å². The Bertz CT molecular complexity index is 427. The van der Waals surface area contributed by atoms with E-state index in [1.165, 1.54) is 11.3 Å². The number of rotatable bonds is 8. The van der Waals surface area contributed by atoms with Gasteiger partial charge in [-0.1, -0.05) is 25.1 Å². The minimum atomic E-state index is 0.0266. The Morgan fingerprint density at radius 1 is 1.00 bits per heavy atom. The number of benzene rings is 1. The second-order valence-corrected chi connectivity index (χ2v) is 4.99. The van der Waals surface area contributed by atoms with Crippen molar-refractivity contribution in [3.8, 4) is 0 Å². The minimum absolute atomic E-state index is 0.0266. The first-order chi connectivity index (χ1) is 12.7. The van der Waals surface area contributed by atoms with E-state index in [1.807, 2.05) is 17.0 Å². The van der Waals surface area contributed by atoms with E-state index in [-0.39, 0.29) is 6.03 Å². The van der Waals surface area contributed by atoms with E-state index in [2.05, 4.69) is 36.6 Å². The molecule has 0 aliphatic rings. The van der Waals surface area contributed by atoms with E-state index in [0.29, 0.717) is 0 Å². The van der Waals surface area contributed by atoms with Crippen LogP contribution in [-0.2, 0) is 0 Å². The van der Waals surface area contributed by atoms with Gasteiger partial charge in [0, 0.05) is 59.8 Å². The van der Waals surface area contributed by atoms with Gasteiger partial charge in [-0.05, 0) is 37.8 Å². The number of carbonyl (C=O) groups excluding carboxylic acids is 1. The van der Waals surface area contributed by atoms with Crippen molar-refractivity contribution in [3.05, 3.63) is 29.8 Å². The quantitative estimate of drug-likeness (QED) is 0.437. The number of urea groups is 1. The third-order valence-corrected chi connectivity index (χ3v) is 3.31. The molecule has 0 aromatic heterocycles. The van der Waals surface area contributed by atoms with Crippen molar-refractivity contribution < 1.29 is 32.2 Å². The van der Waals surface area contributed by atoms with Gasteiger partial charge in [-0.2, -0.15) is 0 Å². The van der Waals surface area contributed by atoms with E-state index in [1.54, 1.807) is 7.05 Å². The zero-order chi connectivity index (χ0) is 20.8. The number of nitrogens with one attached hydrogen (secondary N) is 2. The fraction of sp³-hybridized carbons (Fsp3) is 0.562. The molecule has 0 fully saturated rings. The summed E-state index contributed by atoms with van der Waals surface area (Å²) >= 11 is 0. The third-order valence-electron chi connectivity index (χ3n) is 3.31. The summed E-state index contributed by atoms with van der Waals surface area (Å²) in [5.74, 6) is 0. The van der Waals surface area contributed by atoms with Crippen LogP contribution < -0.4 is 10.6 Å². The first kappa shape index (κ1) is 28.7. The number of anilines is 1. The van der Waals surface area contributed by atoms with Crippen molar-refractivity contribution in [3.63, 3.8) is 0 Å². The first-order valence-electron chi connectivity index (χ1n) is 7.88. The molecule has 4 nitrogen and oxygen atoms in total. The molecule has 0 spiro atoms. The van der Waals surface area contributed by atoms with Gasteiger partial charge in [0.25, 0.3) is 0 Å². The van der Waals surface area contributed by atoms with Crippen molar-refractivity contribution in [1.82, 2.24) is 10.2 Å². The van der Waals surface area contributed by atoms with Gasteiger partial charge in [0.2, 0.25) is 0 Å². The third kappa shape index (κ3) is 14.2. The number of hydrogen-bond acceptors (Lipinski definition) is 2. The van der Waals surface area contributed by atoms with Gasteiger partial charge in [0.15, 0.2) is 0 Å². The summed E-state index contributed by atoms with van der Waals surface area (Å²) in [7, 11) is 1.69. The first-order valence-corrected chi connectivity index (χ1v) is 7.88. The number of carbonyl (C=O) groups is 1. The van der Waals surface area contributed by atoms with E-state index < -0.39 is 0 Å². The van der Waals surface area contributed by atoms with Crippen molar-refractivity contribution in [2.75, 3.05) is 32.0 Å². The van der Waals surface area contributed by atoms with Crippen LogP contribution in [0.5, 0.6) is 0 Å². The topological polar surface area (TPSA) is 44.4 Å². The SMILES string of the molecule is CCCN(CCCCNc1ccccc1C)C(=O)NC.FF.FF.FF. The Labute approximate surface area is 150 Å². The Hall–Kier alpha value is -2.13. The predicted molar refractivity (Wildman–Crippen MR) is 91.9 cm³/mol. The van der Waals surface area contributed by atoms with Crippen LogP contribution in [0.2, 0.25) is 0 Å². The van der Waals surface area contributed by atoms with Crippen LogP contribution in [0.15, 0.2) is 24.3 Å². The van der Waals surface area contributed by atoms with E-state index in [4.69, 9.17) is 27.4 Å². The molecule has 0 saturated carbocycles. The molecule has 1 rings (SSSR count). The molecule has 0 aliphatic heterocycles. The number of amides is 2. The summed E-state index contributed by atoms with van der Waals surface area (Å²) < 4.78 is 48.0. The predicted octanol–water partition coefficient (Wildman–Crippen LogP) is 5.76. The molecule has 1 aromatic rings. The average Bonchev–Trinajstić information content (AvgIpc) is 2.72. The highest BCUT2D eigenvalue weighted by Crippen LogP contribution is 2.13. The normalized spacial score (nSPS) is 8.50. The maximum absolute atomic E-state index is 11.6. The summed E-state index contributed by atoms with van der Waals surface area (Å²) in [6.45, 7) is 6.79. The van der Waals surface area contributed by atoms with Crippen LogP contribution in [0.3, 0.4) is 0 Å². The summed E-state index contributed by atoms with van der Waals surface area (Å²) in [6.07, 6.45) is 3.08. The molecule has 0 heterocycles. The van der Waals surface area contributed by atoms with Crippen LogP contribution in [0.4, 0.5) is 37.9 Å². The molecule has 10 heteroatoms. The lowest BCUT2D eigenvalue weighted by Crippen LogP contribution is -2.39. The summed E-state index contributed by atoms with van der Waals surface area (Å²) in [5, 5.41) is 6.14. The standard InChI is InChI=1S/C16H27N3O.3F2/c1-4-12-19(16(20)17-3)13-8-7-11-18-15-10-6-5-9-14(15)2;3*1-2/h5-6,9-10,18H,4,7-8,11-13H2,1-3H3,(H,17,20);;;. The van der Waals surface area contributed by atoms with Crippen LogP contribution >= 0.6 is 0 Å². The molecule has 0 unspecified atom stereocenters. The molecule has 26 heavy (non-hydrogen) atoms. The van der Waals surface area contributed by atoms with E-state index in [0.717, 1.165) is 38.9 Å². The van der Waals surface area contributed by atoms with Gasteiger partial charge in [-0.3, -0.25) is 0 Å². The molecule has 0 atom stereocenters. The smallest absolute Gasteiger partial charge is 0.317 e. The van der Waals surface area contributed by atoms with Crippen molar-refractivity contribution in [1.29, 1.82) is 0 Å². The molecule has 0 radical (unpaired) electrons. The second kappa shape index (κ2) is 22.9. The average molecular weight is 391 g/mol. The van der Waals surface area contributed by atoms with Gasteiger partial charge in [0.1, 0.15) is 0 Å². The highest BCUT2D eigenvalue weighted by molar-refractivity contribution is 5.73. The molecule has 2 N–H and O–H groups in total. The van der Waals surface area contributed by atoms with Crippen molar-refractivity contribution >= 4 is 11.7 Å². The number of para-hydroxylation sites is 1. The Morgan fingerprint density at radius 2 is 1.58 bits per heavy atom. The molecular formula is C16H27F6N3O. The molecule has 1 aromatic carbocycles. The second-order valence-electron chi connectivity index (χ2n) is 4.99. The number of nitrogens with zero attached hydrogens (tertiary/aromatic N) is 1. The lowest BCUT2D eigenvalue weighted by molar-refractivity contribution is 0.108. The lowest BCUT2D eigenvalue weighted by Gasteiger charge is -2.21. The van der Waals surface area contributed by atoms with Gasteiger partial charge in [-0.15, -0.1) is 0 Å². The fourth-order valence-corrected chi connectivity index (χ4v) is 2.16. The summed E-state index contributed by atoms with van der Waals surface area (Å²) in [4.78, 5) is 13.5. The monoisotopic (exact) mass is 391 g/mol. The zero-order valence-corrected chi connectivity index (χ0v) is 15.2. The Morgan fingerprint density at radius 3 is 2.08 bits per heavy atom. The molecular weight excluding hydrogens is 364 g/mol. The van der Waals surface area contributed by atoms with Gasteiger partial charge in [0.05, 0.1) is 0 Å². The lowest BCUT2D eigenvalue weighted by atomic mass is 10.2. The maximum atomic E-state index is 11.6. The zero-order valence-electron chi connectivity index (χ0n) is 15.2. The largest absolute Gasteiger partial charge is 0.385 e. The summed E-state index contributed by atoms with van der Waals surface area (Å²) in [5.41, 5.74) is 2.47. The minimum Gasteiger partial charge on any atom is -0.385 e. The Kier molecular flexibility index (Phi) is 25.2. The highest BCUT2D eigenvalue weighted by atomic mass is 20.0. The molecule has 154 valence electrons. The molecule has 0 aliphatic carbocycles. The van der Waals surface area contributed by atoms with Crippen LogP contribution in [0.25, 0.3) is 0 Å². The van der Waals surface area contributed by atoms with Crippen LogP contribution in [-0.4, -0.2) is 37.6 Å². The van der Waals surface area contributed by atoms with Gasteiger partial charge < -0.3 is 15.5 Å². The fourth-order valence-electron chi connectivity index (χ4n) is 2.16. The van der Waals surface area contributed by atoms with Gasteiger partial charge in [-0.25, -0.2) is 4.79 Å². The summed E-state index contributed by atoms with van der Waals surface area (Å²) in [6, 6.07) is 8.33. The molecule has 0 saturated heterocycles. The van der Waals surface area contributed by atoms with E-state index in [9.17, 15) is 4.79 Å². The molecule has 2 amide bonds. The maximum Gasteiger partial charge on any atom is 0.317 e. The number of hydrogen-bond donors (Lipinski definition) is 2. The highest BCUT2D eigenvalue weighted by Gasteiger charge is 2.09. The van der Waals surface area contributed by atoms with Crippen molar-refractivity contribution in [2.24, 2.45) is 0 Å². The van der Waals surface area contributed by atoms with Crippen LogP contribution in [0.1, 0.15) is 31.7 Å². The number of unbranched alkanes of at least 4 members (excludes halogenated alkanes) is 1. The van der Waals surface area contributed by atoms with Gasteiger partial charge >= 0.3 is 6.03 Å². The number of halogens is 6. The Balaban J connectivity index is -0.000000795. The number of aryl methyl sites for hydroxylation is 1. The van der Waals surface area contributed by atoms with Crippen LogP contribution in [0, 0.1) is 6.92 Å².